The molecule has 0 aliphatic carbocycles. The zero-order valence-electron chi connectivity index (χ0n) is 18.0. The number of rotatable bonds is 5. The van der Waals surface area contributed by atoms with E-state index in [1.54, 1.807) is 25.1 Å². The molecule has 0 fully saturated rings. The maximum absolute atomic E-state index is 14.1. The second-order valence-corrected chi connectivity index (χ2v) is 7.64. The third kappa shape index (κ3) is 3.91. The molecule has 0 saturated carbocycles. The van der Waals surface area contributed by atoms with Crippen molar-refractivity contribution in [2.24, 2.45) is 0 Å². The average Bonchev–Trinajstić information content (AvgIpc) is 2.79. The summed E-state index contributed by atoms with van der Waals surface area (Å²) in [6, 6.07) is 10.1. The van der Waals surface area contributed by atoms with Crippen molar-refractivity contribution < 1.29 is 9.13 Å². The highest BCUT2D eigenvalue weighted by Gasteiger charge is 2.22. The number of nitrogen functional groups attached to an aromatic ring is 2. The van der Waals surface area contributed by atoms with Crippen LogP contribution < -0.4 is 27.1 Å². The van der Waals surface area contributed by atoms with Crippen LogP contribution in [0.15, 0.2) is 41.2 Å². The molecule has 0 radical (unpaired) electrons. The molecule has 4 aromatic rings. The third-order valence-electron chi connectivity index (χ3n) is 5.07. The standard InChI is InChI=1S/C22H18ClFN8O2/c1-10(28-19-12(9-25)18(26)30-22(27)31-19)20-29-15-5-3-4-13(23)17(15)21(33)32(20)11-6-7-14(24)16(8-11)34-2/h3-8,10H,1-2H3,(H5,26,27,28,30,31)/t10-/m0/s1. The molecular weight excluding hydrogens is 463 g/mol. The zero-order chi connectivity index (χ0) is 24.6. The summed E-state index contributed by atoms with van der Waals surface area (Å²) in [4.78, 5) is 26.1. The molecule has 0 saturated heterocycles. The maximum Gasteiger partial charge on any atom is 0.267 e. The minimum Gasteiger partial charge on any atom is -0.494 e. The van der Waals surface area contributed by atoms with E-state index < -0.39 is 17.4 Å². The minimum absolute atomic E-state index is 0.0118. The SMILES string of the molecule is COc1cc(-n2c([C@H](C)Nc3nc(N)nc(N)c3C#N)nc3cccc(Cl)c3c2=O)ccc1F. The van der Waals surface area contributed by atoms with Crippen LogP contribution in [0.4, 0.5) is 22.0 Å². The predicted octanol–water partition coefficient (Wildman–Crippen LogP) is 3.19. The van der Waals surface area contributed by atoms with Crippen LogP contribution in [0.5, 0.6) is 5.75 Å². The van der Waals surface area contributed by atoms with Gasteiger partial charge in [0.25, 0.3) is 5.56 Å². The van der Waals surface area contributed by atoms with Crippen molar-refractivity contribution >= 4 is 40.1 Å². The number of hydrogen-bond acceptors (Lipinski definition) is 9. The summed E-state index contributed by atoms with van der Waals surface area (Å²) >= 11 is 6.31. The number of aromatic nitrogens is 4. The Hall–Kier alpha value is -4.43. The largest absolute Gasteiger partial charge is 0.494 e. The quantitative estimate of drug-likeness (QED) is 0.390. The first-order valence-corrected chi connectivity index (χ1v) is 10.3. The van der Waals surface area contributed by atoms with Gasteiger partial charge in [0.05, 0.1) is 34.8 Å². The van der Waals surface area contributed by atoms with Crippen molar-refractivity contribution in [2.75, 3.05) is 23.9 Å². The predicted molar refractivity (Wildman–Crippen MR) is 126 cm³/mol. The van der Waals surface area contributed by atoms with E-state index in [9.17, 15) is 14.4 Å². The molecule has 0 unspecified atom stereocenters. The molecule has 172 valence electrons. The van der Waals surface area contributed by atoms with Gasteiger partial charge in [0.2, 0.25) is 5.95 Å². The maximum atomic E-state index is 14.1. The van der Waals surface area contributed by atoms with E-state index in [4.69, 9.17) is 27.8 Å². The summed E-state index contributed by atoms with van der Waals surface area (Å²) in [6.07, 6.45) is 0. The normalized spacial score (nSPS) is 11.7. The molecule has 2 heterocycles. The van der Waals surface area contributed by atoms with E-state index in [-0.39, 0.29) is 45.1 Å². The summed E-state index contributed by atoms with van der Waals surface area (Å²) in [5.41, 5.74) is 11.7. The lowest BCUT2D eigenvalue weighted by molar-refractivity contribution is 0.386. The monoisotopic (exact) mass is 480 g/mol. The lowest BCUT2D eigenvalue weighted by Crippen LogP contribution is -2.28. The van der Waals surface area contributed by atoms with Crippen LogP contribution in [0, 0.1) is 17.1 Å². The third-order valence-corrected chi connectivity index (χ3v) is 5.39. The Morgan fingerprint density at radius 2 is 2.00 bits per heavy atom. The number of anilines is 3. The number of halogens is 2. The van der Waals surface area contributed by atoms with Crippen LogP contribution in [0.2, 0.25) is 5.02 Å². The van der Waals surface area contributed by atoms with Crippen molar-refractivity contribution in [2.45, 2.75) is 13.0 Å². The van der Waals surface area contributed by atoms with Crippen LogP contribution in [0.1, 0.15) is 24.4 Å². The molecule has 5 N–H and O–H groups in total. The molecule has 12 heteroatoms. The van der Waals surface area contributed by atoms with E-state index >= 15 is 0 Å². The molecule has 0 spiro atoms. The summed E-state index contributed by atoms with van der Waals surface area (Å²) in [7, 11) is 1.32. The van der Waals surface area contributed by atoms with Crippen molar-refractivity contribution in [3.63, 3.8) is 0 Å². The van der Waals surface area contributed by atoms with Gasteiger partial charge in [0.1, 0.15) is 23.3 Å². The molecular formula is C22H18ClFN8O2. The molecule has 0 amide bonds. The van der Waals surface area contributed by atoms with Crippen molar-refractivity contribution in [1.82, 2.24) is 19.5 Å². The van der Waals surface area contributed by atoms with Gasteiger partial charge < -0.3 is 21.5 Å². The zero-order valence-corrected chi connectivity index (χ0v) is 18.8. The topological polar surface area (TPSA) is 158 Å². The van der Waals surface area contributed by atoms with E-state index in [0.717, 1.165) is 0 Å². The lowest BCUT2D eigenvalue weighted by Gasteiger charge is -2.21. The van der Waals surface area contributed by atoms with Gasteiger partial charge in [-0.2, -0.15) is 15.2 Å². The van der Waals surface area contributed by atoms with E-state index in [1.165, 1.54) is 29.9 Å². The number of nitrogens with one attached hydrogen (secondary N) is 1. The lowest BCUT2D eigenvalue weighted by atomic mass is 10.2. The molecule has 10 nitrogen and oxygen atoms in total. The Kier molecular flexibility index (Phi) is 5.91. The Morgan fingerprint density at radius 3 is 2.71 bits per heavy atom. The highest BCUT2D eigenvalue weighted by Crippen LogP contribution is 2.28. The molecule has 0 aliphatic heterocycles. The van der Waals surface area contributed by atoms with E-state index in [2.05, 4.69) is 20.3 Å². The molecule has 34 heavy (non-hydrogen) atoms. The first-order valence-electron chi connectivity index (χ1n) is 9.89. The molecule has 4 rings (SSSR count). The van der Waals surface area contributed by atoms with Crippen molar-refractivity contribution in [1.29, 1.82) is 5.26 Å². The number of nitrogens with two attached hydrogens (primary N) is 2. The number of hydrogen-bond donors (Lipinski definition) is 3. The fraction of sp³-hybridized carbons (Fsp3) is 0.136. The smallest absolute Gasteiger partial charge is 0.267 e. The second kappa shape index (κ2) is 8.84. The molecule has 1 atom stereocenters. The van der Waals surface area contributed by atoms with Crippen LogP contribution in [0.3, 0.4) is 0 Å². The Bertz CT molecular complexity index is 1530. The van der Waals surface area contributed by atoms with Gasteiger partial charge in [0, 0.05) is 6.07 Å². The average molecular weight is 481 g/mol. The fourth-order valence-electron chi connectivity index (χ4n) is 3.51. The first-order chi connectivity index (χ1) is 16.2. The number of benzene rings is 2. The van der Waals surface area contributed by atoms with E-state index in [1.807, 2.05) is 6.07 Å². The Balaban J connectivity index is 1.97. The number of fused-ring (bicyclic) bond motifs is 1. The van der Waals surface area contributed by atoms with Gasteiger partial charge in [0.15, 0.2) is 17.4 Å². The van der Waals surface area contributed by atoms with Crippen LogP contribution in [-0.4, -0.2) is 26.6 Å². The van der Waals surface area contributed by atoms with E-state index in [0.29, 0.717) is 11.2 Å². The number of nitrogens with zero attached hydrogens (tertiary/aromatic N) is 5. The molecule has 2 aromatic heterocycles. The van der Waals surface area contributed by atoms with Gasteiger partial charge in [-0.3, -0.25) is 9.36 Å². The summed E-state index contributed by atoms with van der Waals surface area (Å²) in [5.74, 6) is -0.576. The van der Waals surface area contributed by atoms with Crippen LogP contribution >= 0.6 is 11.6 Å². The Labute approximate surface area is 197 Å². The second-order valence-electron chi connectivity index (χ2n) is 7.23. The summed E-state index contributed by atoms with van der Waals surface area (Å²) < 4.78 is 20.4. The van der Waals surface area contributed by atoms with Gasteiger partial charge in [-0.1, -0.05) is 17.7 Å². The van der Waals surface area contributed by atoms with Crippen molar-refractivity contribution in [3.05, 3.63) is 69.0 Å². The van der Waals surface area contributed by atoms with Gasteiger partial charge in [-0.25, -0.2) is 9.37 Å². The number of nitriles is 1. The minimum atomic E-state index is -0.701. The molecule has 0 bridgehead atoms. The van der Waals surface area contributed by atoms with Crippen LogP contribution in [-0.2, 0) is 0 Å². The molecule has 2 aromatic carbocycles. The summed E-state index contributed by atoms with van der Waals surface area (Å²) in [5, 5.41) is 12.9. The van der Waals surface area contributed by atoms with Gasteiger partial charge in [-0.15, -0.1) is 0 Å². The highest BCUT2D eigenvalue weighted by molar-refractivity contribution is 6.35. The number of methoxy groups -OCH3 is 1. The Morgan fingerprint density at radius 1 is 1.24 bits per heavy atom. The number of ether oxygens (including phenoxy) is 1. The van der Waals surface area contributed by atoms with Gasteiger partial charge in [-0.05, 0) is 31.2 Å². The molecule has 0 aliphatic rings. The fourth-order valence-corrected chi connectivity index (χ4v) is 3.77. The summed E-state index contributed by atoms with van der Waals surface area (Å²) in [6.45, 7) is 1.70. The van der Waals surface area contributed by atoms with Crippen molar-refractivity contribution in [3.8, 4) is 17.5 Å². The van der Waals surface area contributed by atoms with Gasteiger partial charge >= 0.3 is 0 Å². The highest BCUT2D eigenvalue weighted by atomic mass is 35.5. The first kappa shape index (κ1) is 22.8. The van der Waals surface area contributed by atoms with Crippen LogP contribution in [0.25, 0.3) is 16.6 Å².